The van der Waals surface area contributed by atoms with Crippen LogP contribution < -0.4 is 4.74 Å². The quantitative estimate of drug-likeness (QED) is 0.646. The molecule has 0 bridgehead atoms. The monoisotopic (exact) mass is 295 g/mol. The molecule has 2 aromatic carbocycles. The molecule has 1 heterocycles. The molecule has 0 aliphatic rings. The molecule has 0 aliphatic heterocycles. The van der Waals surface area contributed by atoms with Gasteiger partial charge in [-0.3, -0.25) is 0 Å². The van der Waals surface area contributed by atoms with Crippen molar-refractivity contribution in [3.8, 4) is 18.1 Å². The second-order valence-electron chi connectivity index (χ2n) is 4.79. The van der Waals surface area contributed by atoms with E-state index in [2.05, 4.69) is 5.92 Å². The van der Waals surface area contributed by atoms with E-state index < -0.39 is 0 Å². The van der Waals surface area contributed by atoms with Crippen molar-refractivity contribution >= 4 is 22.5 Å². The Morgan fingerprint density at radius 3 is 2.86 bits per heavy atom. The molecule has 0 saturated heterocycles. The summed E-state index contributed by atoms with van der Waals surface area (Å²) in [5.41, 5.74) is 2.16. The van der Waals surface area contributed by atoms with E-state index >= 15 is 0 Å². The van der Waals surface area contributed by atoms with Crippen LogP contribution in [0.25, 0.3) is 10.9 Å². The first-order valence-corrected chi connectivity index (χ1v) is 7.03. The molecule has 0 radical (unpaired) electrons. The van der Waals surface area contributed by atoms with Gasteiger partial charge >= 0.3 is 0 Å². The topological polar surface area (TPSA) is 14.2 Å². The fraction of sp³-hybridized carbons (Fsp3) is 0.111. The van der Waals surface area contributed by atoms with Crippen LogP contribution in [0.3, 0.4) is 0 Å². The van der Waals surface area contributed by atoms with Crippen LogP contribution in [0.15, 0.2) is 54.7 Å². The SMILES string of the molecule is C#CCn1ccc2cc(OCc3cccc(Cl)c3)ccc21. The van der Waals surface area contributed by atoms with Crippen LogP contribution in [-0.4, -0.2) is 4.57 Å². The molecule has 0 atom stereocenters. The molecule has 0 N–H and O–H groups in total. The summed E-state index contributed by atoms with van der Waals surface area (Å²) in [7, 11) is 0. The van der Waals surface area contributed by atoms with Crippen molar-refractivity contribution in [1.29, 1.82) is 0 Å². The molecule has 3 aromatic rings. The average molecular weight is 296 g/mol. The van der Waals surface area contributed by atoms with Gasteiger partial charge in [-0.05, 0) is 42.0 Å². The fourth-order valence-corrected chi connectivity index (χ4v) is 2.51. The van der Waals surface area contributed by atoms with Crippen LogP contribution in [0.5, 0.6) is 5.75 Å². The number of fused-ring (bicyclic) bond motifs is 1. The van der Waals surface area contributed by atoms with E-state index in [1.54, 1.807) is 0 Å². The van der Waals surface area contributed by atoms with Gasteiger partial charge < -0.3 is 9.30 Å². The van der Waals surface area contributed by atoms with Crippen LogP contribution in [0.2, 0.25) is 5.02 Å². The van der Waals surface area contributed by atoms with Gasteiger partial charge in [-0.25, -0.2) is 0 Å². The Hall–Kier alpha value is -2.37. The lowest BCUT2D eigenvalue weighted by molar-refractivity contribution is 0.306. The van der Waals surface area contributed by atoms with Crippen molar-refractivity contribution < 1.29 is 4.74 Å². The Morgan fingerprint density at radius 2 is 2.05 bits per heavy atom. The highest BCUT2D eigenvalue weighted by Crippen LogP contribution is 2.23. The van der Waals surface area contributed by atoms with E-state index in [-0.39, 0.29) is 0 Å². The summed E-state index contributed by atoms with van der Waals surface area (Å²) in [6.45, 7) is 1.07. The summed E-state index contributed by atoms with van der Waals surface area (Å²) >= 11 is 5.96. The Kier molecular flexibility index (Phi) is 3.85. The van der Waals surface area contributed by atoms with Crippen molar-refractivity contribution in [2.75, 3.05) is 0 Å². The minimum absolute atomic E-state index is 0.497. The average Bonchev–Trinajstić information content (AvgIpc) is 2.88. The van der Waals surface area contributed by atoms with E-state index in [9.17, 15) is 0 Å². The molecule has 0 saturated carbocycles. The van der Waals surface area contributed by atoms with Crippen molar-refractivity contribution in [3.63, 3.8) is 0 Å². The fourth-order valence-electron chi connectivity index (χ4n) is 2.30. The molecule has 3 rings (SSSR count). The molecule has 2 nitrogen and oxygen atoms in total. The normalized spacial score (nSPS) is 10.5. The Bertz CT molecular complexity index is 813. The summed E-state index contributed by atoms with van der Waals surface area (Å²) in [4.78, 5) is 0. The van der Waals surface area contributed by atoms with Gasteiger partial charge in [0.15, 0.2) is 0 Å². The predicted octanol–water partition coefficient (Wildman–Crippen LogP) is 4.51. The van der Waals surface area contributed by atoms with Crippen LogP contribution in [-0.2, 0) is 13.2 Å². The van der Waals surface area contributed by atoms with Crippen LogP contribution in [0, 0.1) is 12.3 Å². The second kappa shape index (κ2) is 5.95. The number of aromatic nitrogens is 1. The van der Waals surface area contributed by atoms with E-state index in [4.69, 9.17) is 22.8 Å². The summed E-state index contributed by atoms with van der Waals surface area (Å²) in [5.74, 6) is 3.48. The lowest BCUT2D eigenvalue weighted by Gasteiger charge is -2.07. The zero-order valence-corrected chi connectivity index (χ0v) is 12.2. The summed E-state index contributed by atoms with van der Waals surface area (Å²) in [6.07, 6.45) is 7.35. The van der Waals surface area contributed by atoms with E-state index in [1.165, 1.54) is 0 Å². The molecule has 0 amide bonds. The zero-order chi connectivity index (χ0) is 14.7. The number of benzene rings is 2. The lowest BCUT2D eigenvalue weighted by Crippen LogP contribution is -1.96. The standard InChI is InChI=1S/C18H14ClNO/c1-2-9-20-10-8-15-12-17(6-7-18(15)20)21-13-14-4-3-5-16(19)11-14/h1,3-8,10-12H,9,13H2. The van der Waals surface area contributed by atoms with Gasteiger partial charge in [-0.15, -0.1) is 6.42 Å². The molecule has 0 aliphatic carbocycles. The maximum absolute atomic E-state index is 5.96. The van der Waals surface area contributed by atoms with Crippen LogP contribution >= 0.6 is 11.6 Å². The summed E-state index contributed by atoms with van der Waals surface area (Å²) in [5, 5.41) is 1.84. The third-order valence-corrected chi connectivity index (χ3v) is 3.53. The molecule has 0 unspecified atom stereocenters. The molecular formula is C18H14ClNO. The Morgan fingerprint density at radius 1 is 1.14 bits per heavy atom. The highest BCUT2D eigenvalue weighted by atomic mass is 35.5. The smallest absolute Gasteiger partial charge is 0.120 e. The minimum atomic E-state index is 0.497. The van der Waals surface area contributed by atoms with Crippen LogP contribution in [0.1, 0.15) is 5.56 Å². The van der Waals surface area contributed by atoms with Gasteiger partial charge in [-0.2, -0.15) is 0 Å². The van der Waals surface area contributed by atoms with Gasteiger partial charge in [-0.1, -0.05) is 29.7 Å². The van der Waals surface area contributed by atoms with Gasteiger partial charge in [0.1, 0.15) is 12.4 Å². The van der Waals surface area contributed by atoms with Gasteiger partial charge in [0, 0.05) is 22.1 Å². The molecule has 0 fully saturated rings. The number of halogens is 1. The highest BCUT2D eigenvalue weighted by Gasteiger charge is 2.03. The van der Waals surface area contributed by atoms with Crippen molar-refractivity contribution in [1.82, 2.24) is 4.57 Å². The van der Waals surface area contributed by atoms with Crippen LogP contribution in [0.4, 0.5) is 0 Å². The number of rotatable bonds is 4. The first kappa shape index (κ1) is 13.6. The second-order valence-corrected chi connectivity index (χ2v) is 5.22. The third-order valence-electron chi connectivity index (χ3n) is 3.30. The van der Waals surface area contributed by atoms with E-state index in [0.717, 1.165) is 27.2 Å². The van der Waals surface area contributed by atoms with Gasteiger partial charge in [0.2, 0.25) is 0 Å². The molecule has 21 heavy (non-hydrogen) atoms. The summed E-state index contributed by atoms with van der Waals surface area (Å²) in [6, 6.07) is 15.7. The predicted molar refractivity (Wildman–Crippen MR) is 86.6 cm³/mol. The molecular weight excluding hydrogens is 282 g/mol. The molecule has 0 spiro atoms. The van der Waals surface area contributed by atoms with E-state index in [0.29, 0.717) is 13.2 Å². The molecule has 104 valence electrons. The summed E-state index contributed by atoms with van der Waals surface area (Å²) < 4.78 is 7.85. The molecule has 3 heteroatoms. The van der Waals surface area contributed by atoms with Gasteiger partial charge in [0.05, 0.1) is 6.54 Å². The number of hydrogen-bond donors (Lipinski definition) is 0. The highest BCUT2D eigenvalue weighted by molar-refractivity contribution is 6.30. The maximum Gasteiger partial charge on any atom is 0.120 e. The van der Waals surface area contributed by atoms with Gasteiger partial charge in [0.25, 0.3) is 0 Å². The first-order chi connectivity index (χ1) is 10.3. The lowest BCUT2D eigenvalue weighted by atomic mass is 10.2. The van der Waals surface area contributed by atoms with E-state index in [1.807, 2.05) is 59.3 Å². The Labute approximate surface area is 128 Å². The largest absolute Gasteiger partial charge is 0.489 e. The van der Waals surface area contributed by atoms with Crippen molar-refractivity contribution in [3.05, 3.63) is 65.3 Å². The Balaban J connectivity index is 1.77. The maximum atomic E-state index is 5.96. The molecule has 1 aromatic heterocycles. The van der Waals surface area contributed by atoms with Crippen molar-refractivity contribution in [2.45, 2.75) is 13.2 Å². The first-order valence-electron chi connectivity index (χ1n) is 6.66. The third kappa shape index (κ3) is 3.04. The number of ether oxygens (including phenoxy) is 1. The number of hydrogen-bond acceptors (Lipinski definition) is 1. The minimum Gasteiger partial charge on any atom is -0.489 e. The number of nitrogens with zero attached hydrogens (tertiary/aromatic N) is 1. The number of terminal acetylenes is 1. The van der Waals surface area contributed by atoms with Crippen molar-refractivity contribution in [2.24, 2.45) is 0 Å². The zero-order valence-electron chi connectivity index (χ0n) is 11.4.